The summed E-state index contributed by atoms with van der Waals surface area (Å²) in [4.78, 5) is 14.2. The Morgan fingerprint density at radius 1 is 1.19 bits per heavy atom. The van der Waals surface area contributed by atoms with Gasteiger partial charge in [0, 0.05) is 18.5 Å². The molecular formula is C13H26N2O. The van der Waals surface area contributed by atoms with Crippen LogP contribution in [0.2, 0.25) is 0 Å². The highest BCUT2D eigenvalue weighted by atomic mass is 16.1. The molecule has 0 aliphatic carbocycles. The van der Waals surface area contributed by atoms with Gasteiger partial charge in [0.2, 0.25) is 5.91 Å². The molecule has 3 nitrogen and oxygen atoms in total. The number of nitrogens with zero attached hydrogens (tertiary/aromatic N) is 1. The summed E-state index contributed by atoms with van der Waals surface area (Å²) in [7, 11) is 0. The van der Waals surface area contributed by atoms with E-state index < -0.39 is 0 Å². The molecule has 0 aromatic rings. The van der Waals surface area contributed by atoms with Crippen LogP contribution in [-0.4, -0.2) is 36.5 Å². The molecule has 0 saturated carbocycles. The smallest absolute Gasteiger partial charge is 0.222 e. The van der Waals surface area contributed by atoms with Crippen LogP contribution in [0.3, 0.4) is 0 Å². The van der Waals surface area contributed by atoms with Gasteiger partial charge in [-0.15, -0.1) is 0 Å². The lowest BCUT2D eigenvalue weighted by atomic mass is 10.0. The van der Waals surface area contributed by atoms with Crippen molar-refractivity contribution in [1.29, 1.82) is 0 Å². The van der Waals surface area contributed by atoms with Gasteiger partial charge in [-0.3, -0.25) is 4.79 Å². The monoisotopic (exact) mass is 226 g/mol. The Kier molecular flexibility index (Phi) is 5.26. The Hall–Kier alpha value is -0.570. The molecule has 1 rings (SSSR count). The molecule has 1 amide bonds. The van der Waals surface area contributed by atoms with Crippen molar-refractivity contribution in [3.63, 3.8) is 0 Å². The minimum Gasteiger partial charge on any atom is -0.352 e. The van der Waals surface area contributed by atoms with Gasteiger partial charge in [-0.25, -0.2) is 0 Å². The van der Waals surface area contributed by atoms with Gasteiger partial charge in [0.1, 0.15) is 0 Å². The summed E-state index contributed by atoms with van der Waals surface area (Å²) >= 11 is 0. The molecule has 1 heterocycles. The number of rotatable bonds is 5. The standard InChI is InChI=1S/C13H26N2O/c1-10(2)12(14-13(16)11(3)4)9-15-7-5-6-8-15/h10-12H,5-9H2,1-4H3,(H,14,16)/t12-/m1/s1. The molecule has 0 spiro atoms. The zero-order valence-corrected chi connectivity index (χ0v) is 11.1. The van der Waals surface area contributed by atoms with Crippen molar-refractivity contribution in [2.45, 2.75) is 46.6 Å². The van der Waals surface area contributed by atoms with E-state index in [1.807, 2.05) is 13.8 Å². The minimum absolute atomic E-state index is 0.0832. The van der Waals surface area contributed by atoms with Gasteiger partial charge in [0.25, 0.3) is 0 Å². The largest absolute Gasteiger partial charge is 0.352 e. The van der Waals surface area contributed by atoms with Crippen LogP contribution < -0.4 is 5.32 Å². The number of nitrogens with one attached hydrogen (secondary N) is 1. The van der Waals surface area contributed by atoms with E-state index in [0.29, 0.717) is 12.0 Å². The first-order valence-corrected chi connectivity index (χ1v) is 6.53. The van der Waals surface area contributed by atoms with Crippen LogP contribution in [0, 0.1) is 11.8 Å². The molecule has 3 heteroatoms. The Bertz CT molecular complexity index is 220. The van der Waals surface area contributed by atoms with Gasteiger partial charge < -0.3 is 10.2 Å². The van der Waals surface area contributed by atoms with Crippen LogP contribution in [-0.2, 0) is 4.79 Å². The van der Waals surface area contributed by atoms with E-state index in [4.69, 9.17) is 0 Å². The number of hydrogen-bond donors (Lipinski definition) is 1. The molecule has 1 fully saturated rings. The fourth-order valence-electron chi connectivity index (χ4n) is 2.02. The molecule has 1 aliphatic heterocycles. The van der Waals surface area contributed by atoms with E-state index in [9.17, 15) is 4.79 Å². The van der Waals surface area contributed by atoms with Gasteiger partial charge in [0.15, 0.2) is 0 Å². The Balaban J connectivity index is 2.43. The van der Waals surface area contributed by atoms with Crippen LogP contribution in [0.15, 0.2) is 0 Å². The van der Waals surface area contributed by atoms with Gasteiger partial charge in [-0.05, 0) is 31.8 Å². The lowest BCUT2D eigenvalue weighted by Gasteiger charge is -2.28. The predicted molar refractivity (Wildman–Crippen MR) is 67.3 cm³/mol. The third kappa shape index (κ3) is 4.12. The fraction of sp³-hybridized carbons (Fsp3) is 0.923. The summed E-state index contributed by atoms with van der Waals surface area (Å²) in [6, 6.07) is 0.299. The maximum atomic E-state index is 11.7. The van der Waals surface area contributed by atoms with Gasteiger partial charge in [-0.2, -0.15) is 0 Å². The lowest BCUT2D eigenvalue weighted by Crippen LogP contribution is -2.47. The summed E-state index contributed by atoms with van der Waals surface area (Å²) in [6.07, 6.45) is 2.62. The summed E-state index contributed by atoms with van der Waals surface area (Å²) in [5.74, 6) is 0.765. The van der Waals surface area contributed by atoms with E-state index in [0.717, 1.165) is 6.54 Å². The molecule has 0 unspecified atom stereocenters. The zero-order chi connectivity index (χ0) is 12.1. The van der Waals surface area contributed by atoms with Crippen molar-refractivity contribution in [3.8, 4) is 0 Å². The second kappa shape index (κ2) is 6.24. The Morgan fingerprint density at radius 2 is 1.75 bits per heavy atom. The summed E-state index contributed by atoms with van der Waals surface area (Å²) < 4.78 is 0. The maximum absolute atomic E-state index is 11.7. The van der Waals surface area contributed by atoms with E-state index in [1.165, 1.54) is 25.9 Å². The highest BCUT2D eigenvalue weighted by Gasteiger charge is 2.22. The van der Waals surface area contributed by atoms with Crippen molar-refractivity contribution >= 4 is 5.91 Å². The number of likely N-dealkylation sites (tertiary alicyclic amines) is 1. The van der Waals surface area contributed by atoms with Gasteiger partial charge >= 0.3 is 0 Å². The predicted octanol–water partition coefficient (Wildman–Crippen LogP) is 1.88. The molecule has 0 radical (unpaired) electrons. The summed E-state index contributed by atoms with van der Waals surface area (Å²) in [6.45, 7) is 11.7. The fourth-order valence-corrected chi connectivity index (χ4v) is 2.02. The van der Waals surface area contributed by atoms with Crippen molar-refractivity contribution in [3.05, 3.63) is 0 Å². The van der Waals surface area contributed by atoms with Crippen LogP contribution in [0.1, 0.15) is 40.5 Å². The summed E-state index contributed by atoms with van der Waals surface area (Å²) in [5, 5.41) is 3.16. The minimum atomic E-state index is 0.0832. The molecule has 1 aliphatic rings. The number of amides is 1. The molecule has 1 atom stereocenters. The van der Waals surface area contributed by atoms with Gasteiger partial charge in [0.05, 0.1) is 0 Å². The van der Waals surface area contributed by atoms with Crippen LogP contribution in [0.5, 0.6) is 0 Å². The quantitative estimate of drug-likeness (QED) is 0.776. The maximum Gasteiger partial charge on any atom is 0.222 e. The lowest BCUT2D eigenvalue weighted by molar-refractivity contribution is -0.125. The molecular weight excluding hydrogens is 200 g/mol. The first-order chi connectivity index (χ1) is 7.50. The number of carbonyl (C=O) groups excluding carboxylic acids is 1. The van der Waals surface area contributed by atoms with E-state index in [1.54, 1.807) is 0 Å². The highest BCUT2D eigenvalue weighted by Crippen LogP contribution is 2.11. The Labute approximate surface area is 99.6 Å². The molecule has 1 N–H and O–H groups in total. The zero-order valence-electron chi connectivity index (χ0n) is 11.1. The third-order valence-corrected chi connectivity index (χ3v) is 3.31. The van der Waals surface area contributed by atoms with Crippen molar-refractivity contribution in [1.82, 2.24) is 10.2 Å². The second-order valence-electron chi connectivity index (χ2n) is 5.52. The SMILES string of the molecule is CC(C)C(=O)N[C@H](CN1CCCC1)C(C)C. The van der Waals surface area contributed by atoms with Gasteiger partial charge in [-0.1, -0.05) is 27.7 Å². The van der Waals surface area contributed by atoms with E-state index in [-0.39, 0.29) is 11.8 Å². The molecule has 0 aromatic heterocycles. The number of carbonyl (C=O) groups is 1. The third-order valence-electron chi connectivity index (χ3n) is 3.31. The molecule has 94 valence electrons. The van der Waals surface area contributed by atoms with Crippen LogP contribution in [0.4, 0.5) is 0 Å². The normalized spacial score (nSPS) is 19.4. The Morgan fingerprint density at radius 3 is 2.19 bits per heavy atom. The van der Waals surface area contributed by atoms with Crippen LogP contribution >= 0.6 is 0 Å². The number of hydrogen-bond acceptors (Lipinski definition) is 2. The highest BCUT2D eigenvalue weighted by molar-refractivity contribution is 5.78. The first-order valence-electron chi connectivity index (χ1n) is 6.53. The van der Waals surface area contributed by atoms with Crippen molar-refractivity contribution in [2.24, 2.45) is 11.8 Å². The molecule has 0 aromatic carbocycles. The van der Waals surface area contributed by atoms with Crippen molar-refractivity contribution in [2.75, 3.05) is 19.6 Å². The first kappa shape index (κ1) is 13.5. The molecule has 0 bridgehead atoms. The van der Waals surface area contributed by atoms with E-state index in [2.05, 4.69) is 24.1 Å². The summed E-state index contributed by atoms with van der Waals surface area (Å²) in [5.41, 5.74) is 0. The average Bonchev–Trinajstić information content (AvgIpc) is 2.68. The topological polar surface area (TPSA) is 32.3 Å². The molecule has 1 saturated heterocycles. The molecule has 16 heavy (non-hydrogen) atoms. The van der Waals surface area contributed by atoms with E-state index >= 15 is 0 Å². The average molecular weight is 226 g/mol. The van der Waals surface area contributed by atoms with Crippen LogP contribution in [0.25, 0.3) is 0 Å². The van der Waals surface area contributed by atoms with Crippen molar-refractivity contribution < 1.29 is 4.79 Å². The second-order valence-corrected chi connectivity index (χ2v) is 5.52.